The largest absolute Gasteiger partial charge is 0.497 e. The minimum absolute atomic E-state index is 0.368. The Kier molecular flexibility index (Phi) is 4.55. The summed E-state index contributed by atoms with van der Waals surface area (Å²) in [6.07, 6.45) is 1.04. The average molecular weight is 422 g/mol. The first-order valence-corrected chi connectivity index (χ1v) is 9.84. The van der Waals surface area contributed by atoms with Gasteiger partial charge in [0.2, 0.25) is 5.88 Å². The van der Waals surface area contributed by atoms with Crippen molar-refractivity contribution in [3.63, 3.8) is 0 Å². The number of ether oxygens (including phenoxy) is 4. The highest BCUT2D eigenvalue weighted by Gasteiger charge is 2.53. The van der Waals surface area contributed by atoms with Crippen molar-refractivity contribution >= 4 is 22.7 Å². The van der Waals surface area contributed by atoms with Crippen LogP contribution in [0.5, 0.6) is 23.1 Å². The van der Waals surface area contributed by atoms with Crippen LogP contribution in [-0.4, -0.2) is 67.5 Å². The summed E-state index contributed by atoms with van der Waals surface area (Å²) in [7, 11) is 5.16. The Balaban J connectivity index is 1.55. The van der Waals surface area contributed by atoms with Crippen LogP contribution >= 0.6 is 0 Å². The fourth-order valence-electron chi connectivity index (χ4n) is 4.19. The van der Waals surface area contributed by atoms with Crippen LogP contribution in [0.1, 0.15) is 0 Å². The minimum Gasteiger partial charge on any atom is -0.497 e. The number of benzene rings is 2. The van der Waals surface area contributed by atoms with E-state index in [9.17, 15) is 4.79 Å². The minimum atomic E-state index is -0.473. The van der Waals surface area contributed by atoms with Gasteiger partial charge in [-0.1, -0.05) is 6.07 Å². The van der Waals surface area contributed by atoms with E-state index < -0.39 is 11.7 Å². The fourth-order valence-corrected chi connectivity index (χ4v) is 4.19. The van der Waals surface area contributed by atoms with Crippen LogP contribution in [0.25, 0.3) is 10.9 Å². The molecule has 3 aromatic rings. The van der Waals surface area contributed by atoms with Crippen LogP contribution in [0.3, 0.4) is 0 Å². The molecule has 1 spiro atoms. The number of nitrogens with zero attached hydrogens (tertiary/aromatic N) is 4. The molecular formula is C22H22N4O5. The number of carbonyl (C=O) groups excluding carboxylic acids is 1. The molecule has 2 aromatic carbocycles. The normalized spacial score (nSPS) is 17.5. The van der Waals surface area contributed by atoms with Crippen molar-refractivity contribution in [1.29, 1.82) is 0 Å². The summed E-state index contributed by atoms with van der Waals surface area (Å²) in [6.45, 7) is 1.87. The van der Waals surface area contributed by atoms with Crippen LogP contribution in [0.4, 0.5) is 10.5 Å². The first kappa shape index (κ1) is 19.4. The number of anilines is 1. The number of fused-ring (bicyclic) bond motifs is 1. The lowest BCUT2D eigenvalue weighted by Gasteiger charge is -2.43. The Bertz CT molecular complexity index is 1160. The number of amides is 1. The van der Waals surface area contributed by atoms with Crippen molar-refractivity contribution in [2.75, 3.05) is 45.8 Å². The molecule has 9 nitrogen and oxygen atoms in total. The van der Waals surface area contributed by atoms with Gasteiger partial charge in [0.25, 0.3) is 0 Å². The predicted molar refractivity (Wildman–Crippen MR) is 113 cm³/mol. The van der Waals surface area contributed by atoms with Crippen molar-refractivity contribution < 1.29 is 23.7 Å². The number of likely N-dealkylation sites (N-methyl/N-ethyl adjacent to an activating group) is 1. The van der Waals surface area contributed by atoms with E-state index in [0.29, 0.717) is 59.4 Å². The van der Waals surface area contributed by atoms with Gasteiger partial charge in [0.15, 0.2) is 5.60 Å². The zero-order valence-corrected chi connectivity index (χ0v) is 17.5. The van der Waals surface area contributed by atoms with Crippen molar-refractivity contribution in [2.24, 2.45) is 0 Å². The molecule has 2 aliphatic heterocycles. The number of hydrogen-bond acceptors (Lipinski definition) is 8. The second-order valence-electron chi connectivity index (χ2n) is 7.81. The molecule has 2 aliphatic rings. The van der Waals surface area contributed by atoms with E-state index in [4.69, 9.17) is 18.9 Å². The molecule has 0 saturated carbocycles. The van der Waals surface area contributed by atoms with Crippen LogP contribution in [0.2, 0.25) is 0 Å². The summed E-state index contributed by atoms with van der Waals surface area (Å²) in [5.74, 6) is 2.15. The van der Waals surface area contributed by atoms with Gasteiger partial charge in [-0.05, 0) is 25.2 Å². The Morgan fingerprint density at radius 3 is 2.58 bits per heavy atom. The Morgan fingerprint density at radius 2 is 1.84 bits per heavy atom. The third-order valence-corrected chi connectivity index (χ3v) is 5.53. The number of likely N-dealkylation sites (tertiary alicyclic amines) is 1. The maximum Gasteiger partial charge on any atom is 0.415 e. The summed E-state index contributed by atoms with van der Waals surface area (Å²) in [5.41, 5.74) is 0.759. The highest BCUT2D eigenvalue weighted by molar-refractivity contribution is 5.97. The van der Waals surface area contributed by atoms with E-state index in [-0.39, 0.29) is 0 Å². The Labute approximate surface area is 179 Å². The van der Waals surface area contributed by atoms with E-state index in [1.165, 1.54) is 6.33 Å². The van der Waals surface area contributed by atoms with Gasteiger partial charge in [-0.25, -0.2) is 14.8 Å². The van der Waals surface area contributed by atoms with Gasteiger partial charge in [0.05, 0.1) is 37.4 Å². The van der Waals surface area contributed by atoms with E-state index in [0.717, 1.165) is 0 Å². The highest BCUT2D eigenvalue weighted by Crippen LogP contribution is 2.41. The third-order valence-electron chi connectivity index (χ3n) is 5.53. The molecule has 3 heterocycles. The topological polar surface area (TPSA) is 86.2 Å². The first-order valence-electron chi connectivity index (χ1n) is 9.84. The van der Waals surface area contributed by atoms with Crippen molar-refractivity contribution in [1.82, 2.24) is 14.9 Å². The number of aromatic nitrogens is 2. The average Bonchev–Trinajstić information content (AvgIpc) is 3.10. The molecule has 2 saturated heterocycles. The molecule has 31 heavy (non-hydrogen) atoms. The molecule has 0 aliphatic carbocycles. The molecule has 9 heteroatoms. The number of methoxy groups -OCH3 is 2. The summed E-state index contributed by atoms with van der Waals surface area (Å²) in [5, 5.41) is 0.653. The van der Waals surface area contributed by atoms with Gasteiger partial charge >= 0.3 is 6.09 Å². The molecular weight excluding hydrogens is 400 g/mol. The van der Waals surface area contributed by atoms with Gasteiger partial charge in [-0.2, -0.15) is 0 Å². The Hall–Kier alpha value is -3.59. The summed E-state index contributed by atoms with van der Waals surface area (Å²) < 4.78 is 22.6. The van der Waals surface area contributed by atoms with Crippen molar-refractivity contribution in [3.8, 4) is 23.1 Å². The van der Waals surface area contributed by atoms with Crippen LogP contribution in [0, 0.1) is 0 Å². The summed E-state index contributed by atoms with van der Waals surface area (Å²) in [4.78, 5) is 25.1. The van der Waals surface area contributed by atoms with Gasteiger partial charge in [-0.15, -0.1) is 0 Å². The molecule has 5 rings (SSSR count). The second kappa shape index (κ2) is 7.28. The molecule has 0 unspecified atom stereocenters. The number of hydrogen-bond donors (Lipinski definition) is 0. The van der Waals surface area contributed by atoms with Gasteiger partial charge < -0.3 is 18.9 Å². The molecule has 0 atom stereocenters. The lowest BCUT2D eigenvalue weighted by atomic mass is 9.95. The van der Waals surface area contributed by atoms with Crippen LogP contribution in [-0.2, 0) is 4.74 Å². The molecule has 0 radical (unpaired) electrons. The van der Waals surface area contributed by atoms with Crippen LogP contribution < -0.4 is 19.1 Å². The van der Waals surface area contributed by atoms with Crippen LogP contribution in [0.15, 0.2) is 42.7 Å². The van der Waals surface area contributed by atoms with Gasteiger partial charge in [0, 0.05) is 25.2 Å². The molecule has 1 aromatic heterocycles. The first-order chi connectivity index (χ1) is 15.0. The second-order valence-corrected chi connectivity index (χ2v) is 7.81. The maximum absolute atomic E-state index is 12.7. The molecule has 0 N–H and O–H groups in total. The van der Waals surface area contributed by atoms with Crippen molar-refractivity contribution in [2.45, 2.75) is 5.60 Å². The molecule has 2 fully saturated rings. The standard InChI is InChI=1S/C22H22N4O5/c1-25-10-22(11-25)12-26(21(27)31-22)18-8-16-17(9-19(18)29-3)23-13-24-20(16)30-15-6-4-5-14(7-15)28-2/h4-9,13H,10-12H2,1-3H3. The summed E-state index contributed by atoms with van der Waals surface area (Å²) in [6, 6.07) is 10.8. The van der Waals surface area contributed by atoms with E-state index in [1.54, 1.807) is 31.3 Å². The lowest BCUT2D eigenvalue weighted by molar-refractivity contribution is -0.0599. The quantitative estimate of drug-likeness (QED) is 0.620. The third kappa shape index (κ3) is 3.36. The van der Waals surface area contributed by atoms with Gasteiger partial charge in [-0.3, -0.25) is 9.80 Å². The van der Waals surface area contributed by atoms with E-state index >= 15 is 0 Å². The zero-order valence-electron chi connectivity index (χ0n) is 17.5. The highest BCUT2D eigenvalue weighted by atomic mass is 16.6. The monoisotopic (exact) mass is 422 g/mol. The van der Waals surface area contributed by atoms with E-state index in [1.807, 2.05) is 31.3 Å². The number of rotatable bonds is 5. The number of carbonyl (C=O) groups is 1. The molecule has 0 bridgehead atoms. The SMILES string of the molecule is COc1cccc(Oc2ncnc3cc(OC)c(N4CC5(CN(C)C5)OC4=O)cc23)c1. The molecule has 1 amide bonds. The fraction of sp³-hybridized carbons (Fsp3) is 0.318. The zero-order chi connectivity index (χ0) is 21.6. The summed E-state index contributed by atoms with van der Waals surface area (Å²) >= 11 is 0. The smallest absolute Gasteiger partial charge is 0.415 e. The van der Waals surface area contributed by atoms with Gasteiger partial charge in [0.1, 0.15) is 23.6 Å². The Morgan fingerprint density at radius 1 is 1.03 bits per heavy atom. The maximum atomic E-state index is 12.7. The molecule has 160 valence electrons. The predicted octanol–water partition coefficient (Wildman–Crippen LogP) is 3.08. The van der Waals surface area contributed by atoms with Crippen molar-refractivity contribution in [3.05, 3.63) is 42.7 Å². The lowest BCUT2D eigenvalue weighted by Crippen LogP contribution is -2.62. The van der Waals surface area contributed by atoms with E-state index in [2.05, 4.69) is 14.9 Å².